The SMILES string of the molecule is CCOC(=O)C(O)c1ccc2snc(C)c2c1. The van der Waals surface area contributed by atoms with Gasteiger partial charge < -0.3 is 9.84 Å². The summed E-state index contributed by atoms with van der Waals surface area (Å²) in [6.45, 7) is 3.87. The average Bonchev–Trinajstić information content (AvgIpc) is 2.70. The van der Waals surface area contributed by atoms with Crippen LogP contribution in [0.5, 0.6) is 0 Å². The lowest BCUT2D eigenvalue weighted by molar-refractivity contribution is -0.153. The lowest BCUT2D eigenvalue weighted by Crippen LogP contribution is -2.15. The van der Waals surface area contributed by atoms with E-state index < -0.39 is 12.1 Å². The van der Waals surface area contributed by atoms with Gasteiger partial charge in [-0.2, -0.15) is 4.37 Å². The molecule has 0 radical (unpaired) electrons. The van der Waals surface area contributed by atoms with E-state index in [1.54, 1.807) is 19.1 Å². The molecule has 0 bridgehead atoms. The van der Waals surface area contributed by atoms with Crippen molar-refractivity contribution in [3.63, 3.8) is 0 Å². The van der Waals surface area contributed by atoms with E-state index in [-0.39, 0.29) is 6.61 Å². The van der Waals surface area contributed by atoms with Gasteiger partial charge in [-0.15, -0.1) is 0 Å². The number of rotatable bonds is 3. The third-order valence-electron chi connectivity index (χ3n) is 2.50. The first-order chi connectivity index (χ1) is 8.13. The fourth-order valence-corrected chi connectivity index (χ4v) is 2.37. The zero-order chi connectivity index (χ0) is 12.4. The highest BCUT2D eigenvalue weighted by molar-refractivity contribution is 7.13. The number of carbonyl (C=O) groups excluding carboxylic acids is 1. The smallest absolute Gasteiger partial charge is 0.339 e. The van der Waals surface area contributed by atoms with Crippen molar-refractivity contribution in [1.29, 1.82) is 0 Å². The first-order valence-electron chi connectivity index (χ1n) is 5.34. The van der Waals surface area contributed by atoms with Crippen LogP contribution in [0.15, 0.2) is 18.2 Å². The van der Waals surface area contributed by atoms with E-state index in [1.165, 1.54) is 11.5 Å². The molecule has 1 atom stereocenters. The van der Waals surface area contributed by atoms with Gasteiger partial charge in [-0.1, -0.05) is 6.07 Å². The Hall–Kier alpha value is -1.46. The molecule has 1 aromatic carbocycles. The van der Waals surface area contributed by atoms with E-state index in [0.717, 1.165) is 15.8 Å². The number of hydrogen-bond donors (Lipinski definition) is 1. The van der Waals surface area contributed by atoms with Crippen molar-refractivity contribution in [3.8, 4) is 0 Å². The predicted octanol–water partition coefficient (Wildman–Crippen LogP) is 2.20. The van der Waals surface area contributed by atoms with Crippen LogP contribution in [0.3, 0.4) is 0 Å². The molecule has 0 amide bonds. The molecule has 1 unspecified atom stereocenters. The summed E-state index contributed by atoms with van der Waals surface area (Å²) in [6.07, 6.45) is -1.22. The molecule has 4 nitrogen and oxygen atoms in total. The number of nitrogens with zero attached hydrogens (tertiary/aromatic N) is 1. The molecule has 0 aliphatic heterocycles. The minimum absolute atomic E-state index is 0.261. The Morgan fingerprint density at radius 3 is 3.06 bits per heavy atom. The fraction of sp³-hybridized carbons (Fsp3) is 0.333. The minimum atomic E-state index is -1.22. The van der Waals surface area contributed by atoms with Gasteiger partial charge in [-0.05, 0) is 43.1 Å². The summed E-state index contributed by atoms with van der Waals surface area (Å²) in [5.41, 5.74) is 1.45. The molecule has 2 rings (SSSR count). The van der Waals surface area contributed by atoms with Gasteiger partial charge in [0.2, 0.25) is 0 Å². The number of benzene rings is 1. The number of hydrogen-bond acceptors (Lipinski definition) is 5. The zero-order valence-electron chi connectivity index (χ0n) is 9.64. The van der Waals surface area contributed by atoms with Gasteiger partial charge in [0.1, 0.15) is 0 Å². The molecule has 5 heteroatoms. The van der Waals surface area contributed by atoms with Gasteiger partial charge in [0.25, 0.3) is 0 Å². The molecule has 0 aliphatic rings. The second-order valence-electron chi connectivity index (χ2n) is 3.68. The third-order valence-corrected chi connectivity index (χ3v) is 3.42. The molecule has 0 fully saturated rings. The van der Waals surface area contributed by atoms with Crippen LogP contribution in [0.2, 0.25) is 0 Å². The van der Waals surface area contributed by atoms with E-state index in [1.807, 2.05) is 13.0 Å². The number of aromatic nitrogens is 1. The highest BCUT2D eigenvalue weighted by atomic mass is 32.1. The zero-order valence-corrected chi connectivity index (χ0v) is 10.5. The first kappa shape index (κ1) is 12.0. The number of ether oxygens (including phenoxy) is 1. The van der Waals surface area contributed by atoms with Gasteiger partial charge in [-0.3, -0.25) is 0 Å². The lowest BCUT2D eigenvalue weighted by atomic mass is 10.1. The molecular formula is C12H13NO3S. The summed E-state index contributed by atoms with van der Waals surface area (Å²) in [4.78, 5) is 11.4. The second kappa shape index (κ2) is 4.81. The Kier molecular flexibility index (Phi) is 3.40. The van der Waals surface area contributed by atoms with Crippen molar-refractivity contribution in [2.24, 2.45) is 0 Å². The van der Waals surface area contributed by atoms with Crippen LogP contribution in [0.4, 0.5) is 0 Å². The predicted molar refractivity (Wildman–Crippen MR) is 65.9 cm³/mol. The molecule has 0 saturated carbocycles. The van der Waals surface area contributed by atoms with Crippen LogP contribution in [-0.2, 0) is 9.53 Å². The monoisotopic (exact) mass is 251 g/mol. The number of aryl methyl sites for hydroxylation is 1. The second-order valence-corrected chi connectivity index (χ2v) is 4.48. The molecule has 2 aromatic rings. The van der Waals surface area contributed by atoms with E-state index in [4.69, 9.17) is 4.74 Å². The van der Waals surface area contributed by atoms with Crippen molar-refractivity contribution >= 4 is 27.6 Å². The largest absolute Gasteiger partial charge is 0.464 e. The Morgan fingerprint density at radius 2 is 2.35 bits per heavy atom. The van der Waals surface area contributed by atoms with Crippen molar-refractivity contribution in [2.45, 2.75) is 20.0 Å². The number of fused-ring (bicyclic) bond motifs is 1. The number of carbonyl (C=O) groups is 1. The average molecular weight is 251 g/mol. The summed E-state index contributed by atoms with van der Waals surface area (Å²) in [5.74, 6) is -0.618. The molecule has 90 valence electrons. The van der Waals surface area contributed by atoms with Crippen LogP contribution >= 0.6 is 11.5 Å². The molecule has 0 aliphatic carbocycles. The number of esters is 1. The van der Waals surface area contributed by atoms with Gasteiger partial charge in [0, 0.05) is 5.39 Å². The maximum Gasteiger partial charge on any atom is 0.339 e. The number of aliphatic hydroxyl groups excluding tert-OH is 1. The highest BCUT2D eigenvalue weighted by Gasteiger charge is 2.19. The lowest BCUT2D eigenvalue weighted by Gasteiger charge is -2.09. The van der Waals surface area contributed by atoms with Crippen molar-refractivity contribution < 1.29 is 14.6 Å². The first-order valence-corrected chi connectivity index (χ1v) is 6.11. The molecule has 1 heterocycles. The van der Waals surface area contributed by atoms with Gasteiger partial charge in [0.15, 0.2) is 6.10 Å². The Labute approximate surface area is 103 Å². The topological polar surface area (TPSA) is 59.4 Å². The summed E-state index contributed by atoms with van der Waals surface area (Å²) in [7, 11) is 0. The summed E-state index contributed by atoms with van der Waals surface area (Å²) in [5, 5.41) is 10.8. The van der Waals surface area contributed by atoms with Crippen LogP contribution in [0.1, 0.15) is 24.3 Å². The Balaban J connectivity index is 2.35. The molecule has 0 saturated heterocycles. The van der Waals surface area contributed by atoms with Crippen molar-refractivity contribution in [3.05, 3.63) is 29.5 Å². The number of aliphatic hydroxyl groups is 1. The Bertz CT molecular complexity index is 550. The van der Waals surface area contributed by atoms with Crippen molar-refractivity contribution in [2.75, 3.05) is 6.61 Å². The summed E-state index contributed by atoms with van der Waals surface area (Å²) in [6, 6.07) is 5.37. The van der Waals surface area contributed by atoms with Gasteiger partial charge >= 0.3 is 5.97 Å². The van der Waals surface area contributed by atoms with E-state index in [2.05, 4.69) is 4.37 Å². The van der Waals surface area contributed by atoms with Crippen LogP contribution in [-0.4, -0.2) is 22.1 Å². The maximum absolute atomic E-state index is 11.4. The van der Waals surface area contributed by atoms with Gasteiger partial charge in [-0.25, -0.2) is 4.79 Å². The quantitative estimate of drug-likeness (QED) is 0.850. The third kappa shape index (κ3) is 2.30. The van der Waals surface area contributed by atoms with Crippen molar-refractivity contribution in [1.82, 2.24) is 4.37 Å². The molecule has 17 heavy (non-hydrogen) atoms. The van der Waals surface area contributed by atoms with E-state index in [9.17, 15) is 9.90 Å². The van der Waals surface area contributed by atoms with Gasteiger partial charge in [0.05, 0.1) is 17.0 Å². The Morgan fingerprint density at radius 1 is 1.59 bits per heavy atom. The fourth-order valence-electron chi connectivity index (χ4n) is 1.60. The summed E-state index contributed by atoms with van der Waals surface area (Å²) >= 11 is 1.41. The standard InChI is InChI=1S/C12H13NO3S/c1-3-16-12(15)11(14)8-4-5-10-9(6-8)7(2)13-17-10/h4-6,11,14H,3H2,1-2H3. The maximum atomic E-state index is 11.4. The summed E-state index contributed by atoms with van der Waals surface area (Å²) < 4.78 is 10.0. The van der Waals surface area contributed by atoms with Crippen LogP contribution in [0, 0.1) is 6.92 Å². The normalized spacial score (nSPS) is 12.6. The molecule has 0 spiro atoms. The van der Waals surface area contributed by atoms with Crippen LogP contribution in [0.25, 0.3) is 10.1 Å². The molecule has 1 aromatic heterocycles. The minimum Gasteiger partial charge on any atom is -0.464 e. The molecule has 1 N–H and O–H groups in total. The van der Waals surface area contributed by atoms with E-state index >= 15 is 0 Å². The molecular weight excluding hydrogens is 238 g/mol. The van der Waals surface area contributed by atoms with Crippen LogP contribution < -0.4 is 0 Å². The highest BCUT2D eigenvalue weighted by Crippen LogP contribution is 2.26. The van der Waals surface area contributed by atoms with E-state index in [0.29, 0.717) is 5.56 Å².